The summed E-state index contributed by atoms with van der Waals surface area (Å²) in [5.74, 6) is -1.86. The Bertz CT molecular complexity index is 316. The number of halogens is 3. The molecule has 98 valence electrons. The van der Waals surface area contributed by atoms with Gasteiger partial charge in [0.2, 0.25) is 5.91 Å². The van der Waals surface area contributed by atoms with Gasteiger partial charge in [0.25, 0.3) is 0 Å². The molecule has 0 aromatic heterocycles. The van der Waals surface area contributed by atoms with Crippen molar-refractivity contribution in [3.8, 4) is 0 Å². The topological polar surface area (TPSA) is 57.6 Å². The number of hydrogen-bond donors (Lipinski definition) is 1. The summed E-state index contributed by atoms with van der Waals surface area (Å²) in [5.41, 5.74) is 0. The van der Waals surface area contributed by atoms with E-state index in [0.29, 0.717) is 6.42 Å². The number of aliphatic carboxylic acids is 1. The largest absolute Gasteiger partial charge is 0.480 e. The first kappa shape index (κ1) is 13.8. The lowest BCUT2D eigenvalue weighted by Crippen LogP contribution is -2.53. The Balaban J connectivity index is 2.87. The molecule has 1 heterocycles. The minimum atomic E-state index is -4.39. The second-order valence-corrected chi connectivity index (χ2v) is 4.18. The van der Waals surface area contributed by atoms with Crippen LogP contribution < -0.4 is 0 Å². The van der Waals surface area contributed by atoms with Crippen LogP contribution in [0.2, 0.25) is 0 Å². The Morgan fingerprint density at radius 2 is 1.94 bits per heavy atom. The molecule has 0 bridgehead atoms. The number of likely N-dealkylation sites (tertiary alicyclic amines) is 1. The van der Waals surface area contributed by atoms with Crippen molar-refractivity contribution in [1.82, 2.24) is 4.90 Å². The second-order valence-electron chi connectivity index (χ2n) is 4.18. The molecular formula is C10H14F3NO3. The van der Waals surface area contributed by atoms with E-state index in [1.165, 1.54) is 0 Å². The maximum absolute atomic E-state index is 12.3. The zero-order valence-corrected chi connectivity index (χ0v) is 9.33. The van der Waals surface area contributed by atoms with Gasteiger partial charge in [0.15, 0.2) is 0 Å². The molecule has 1 aliphatic heterocycles. The Morgan fingerprint density at radius 1 is 1.35 bits per heavy atom. The van der Waals surface area contributed by atoms with Gasteiger partial charge >= 0.3 is 12.1 Å². The average molecular weight is 253 g/mol. The predicted molar refractivity (Wildman–Crippen MR) is 52.3 cm³/mol. The van der Waals surface area contributed by atoms with Gasteiger partial charge in [-0.15, -0.1) is 0 Å². The Morgan fingerprint density at radius 3 is 2.35 bits per heavy atom. The zero-order chi connectivity index (χ0) is 13.2. The van der Waals surface area contributed by atoms with Gasteiger partial charge < -0.3 is 10.0 Å². The number of carboxylic acids is 1. The summed E-state index contributed by atoms with van der Waals surface area (Å²) < 4.78 is 37.0. The molecule has 1 rings (SSSR count). The highest BCUT2D eigenvalue weighted by atomic mass is 19.4. The summed E-state index contributed by atoms with van der Waals surface area (Å²) in [6.07, 6.45) is -4.73. The predicted octanol–water partition coefficient (Wildman–Crippen LogP) is 1.79. The first-order valence-corrected chi connectivity index (χ1v) is 5.31. The second kappa shape index (κ2) is 4.93. The molecule has 1 N–H and O–H groups in total. The Labute approximate surface area is 96.4 Å². The van der Waals surface area contributed by atoms with E-state index in [0.717, 1.165) is 11.8 Å². The first-order chi connectivity index (χ1) is 7.72. The number of amides is 1. The molecule has 1 saturated heterocycles. The van der Waals surface area contributed by atoms with E-state index in [9.17, 15) is 22.8 Å². The molecule has 2 atom stereocenters. The molecule has 2 unspecified atom stereocenters. The minimum Gasteiger partial charge on any atom is -0.480 e. The quantitative estimate of drug-likeness (QED) is 0.816. The van der Waals surface area contributed by atoms with Crippen molar-refractivity contribution in [1.29, 1.82) is 0 Å². The molecule has 0 aromatic rings. The highest BCUT2D eigenvalue weighted by Gasteiger charge is 2.42. The van der Waals surface area contributed by atoms with Crippen molar-refractivity contribution in [2.75, 3.05) is 0 Å². The molecule has 0 aromatic carbocycles. The van der Waals surface area contributed by atoms with Gasteiger partial charge in [-0.05, 0) is 19.3 Å². The maximum atomic E-state index is 12.3. The number of carbonyl (C=O) groups is 2. The van der Waals surface area contributed by atoms with Crippen LogP contribution in [-0.4, -0.2) is 40.1 Å². The van der Waals surface area contributed by atoms with Gasteiger partial charge in [0.1, 0.15) is 6.04 Å². The van der Waals surface area contributed by atoms with Crippen molar-refractivity contribution in [3.63, 3.8) is 0 Å². The van der Waals surface area contributed by atoms with Crippen LogP contribution in [0.5, 0.6) is 0 Å². The number of carboxylic acid groups (broad SMARTS) is 1. The van der Waals surface area contributed by atoms with E-state index in [-0.39, 0.29) is 12.8 Å². The fraction of sp³-hybridized carbons (Fsp3) is 0.800. The molecule has 1 aliphatic rings. The third kappa shape index (κ3) is 3.61. The molecule has 1 amide bonds. The van der Waals surface area contributed by atoms with E-state index >= 15 is 0 Å². The smallest absolute Gasteiger partial charge is 0.391 e. The number of nitrogens with zero attached hydrogens (tertiary/aromatic N) is 1. The number of alkyl halides is 3. The average Bonchev–Trinajstić information content (AvgIpc) is 2.14. The summed E-state index contributed by atoms with van der Waals surface area (Å²) in [6.45, 7) is 1.10. The number of hydrogen-bond acceptors (Lipinski definition) is 2. The highest BCUT2D eigenvalue weighted by Crippen LogP contribution is 2.32. The van der Waals surface area contributed by atoms with E-state index in [1.54, 1.807) is 0 Å². The molecule has 1 fully saturated rings. The maximum Gasteiger partial charge on any atom is 0.391 e. The fourth-order valence-corrected chi connectivity index (χ4v) is 2.27. The minimum absolute atomic E-state index is 0.197. The fourth-order valence-electron chi connectivity index (χ4n) is 2.27. The zero-order valence-electron chi connectivity index (χ0n) is 9.33. The molecule has 17 heavy (non-hydrogen) atoms. The lowest BCUT2D eigenvalue weighted by Gasteiger charge is -2.39. The van der Waals surface area contributed by atoms with Crippen molar-refractivity contribution in [2.45, 2.75) is 50.9 Å². The van der Waals surface area contributed by atoms with Crippen molar-refractivity contribution >= 4 is 11.9 Å². The molecular weight excluding hydrogens is 239 g/mol. The van der Waals surface area contributed by atoms with Gasteiger partial charge in [0.05, 0.1) is 6.42 Å². The van der Waals surface area contributed by atoms with E-state index in [2.05, 4.69) is 0 Å². The summed E-state index contributed by atoms with van der Waals surface area (Å²) in [6, 6.07) is -2.18. The molecule has 0 radical (unpaired) electrons. The molecule has 0 saturated carbocycles. The normalized spacial score (nSPS) is 25.8. The van der Waals surface area contributed by atoms with Crippen LogP contribution in [0.25, 0.3) is 0 Å². The van der Waals surface area contributed by atoms with Crippen molar-refractivity contribution < 1.29 is 27.9 Å². The summed E-state index contributed by atoms with van der Waals surface area (Å²) in [4.78, 5) is 23.1. The molecule has 0 aliphatic carbocycles. The van der Waals surface area contributed by atoms with Crippen LogP contribution in [0.15, 0.2) is 0 Å². The van der Waals surface area contributed by atoms with E-state index in [1.807, 2.05) is 0 Å². The highest BCUT2D eigenvalue weighted by molar-refractivity contribution is 5.82. The van der Waals surface area contributed by atoms with Crippen LogP contribution in [0, 0.1) is 0 Å². The van der Waals surface area contributed by atoms with Crippen LogP contribution in [0.3, 0.4) is 0 Å². The molecule has 7 heteroatoms. The van der Waals surface area contributed by atoms with Crippen LogP contribution in [0.1, 0.15) is 32.6 Å². The number of piperidine rings is 1. The third-order valence-electron chi connectivity index (χ3n) is 2.86. The van der Waals surface area contributed by atoms with Crippen molar-refractivity contribution in [2.24, 2.45) is 0 Å². The van der Waals surface area contributed by atoms with Crippen LogP contribution in [-0.2, 0) is 9.59 Å². The van der Waals surface area contributed by atoms with E-state index < -0.39 is 36.6 Å². The van der Waals surface area contributed by atoms with Gasteiger partial charge in [0, 0.05) is 13.0 Å². The molecule has 4 nitrogen and oxygen atoms in total. The summed E-state index contributed by atoms with van der Waals surface area (Å²) in [5, 5.41) is 8.90. The number of carbonyl (C=O) groups excluding carboxylic acids is 1. The van der Waals surface area contributed by atoms with Gasteiger partial charge in [-0.25, -0.2) is 4.79 Å². The van der Waals surface area contributed by atoms with Crippen LogP contribution >= 0.6 is 0 Å². The Hall–Kier alpha value is -1.27. The third-order valence-corrected chi connectivity index (χ3v) is 2.86. The van der Waals surface area contributed by atoms with Crippen LogP contribution in [0.4, 0.5) is 13.2 Å². The van der Waals surface area contributed by atoms with Crippen molar-refractivity contribution in [3.05, 3.63) is 0 Å². The summed E-state index contributed by atoms with van der Waals surface area (Å²) >= 11 is 0. The Kier molecular flexibility index (Phi) is 4.00. The van der Waals surface area contributed by atoms with Gasteiger partial charge in [-0.1, -0.05) is 0 Å². The first-order valence-electron chi connectivity index (χ1n) is 5.31. The number of rotatable bonds is 2. The van der Waals surface area contributed by atoms with Gasteiger partial charge in [-0.2, -0.15) is 13.2 Å². The lowest BCUT2D eigenvalue weighted by molar-refractivity contribution is -0.168. The van der Waals surface area contributed by atoms with E-state index in [4.69, 9.17) is 5.11 Å². The SMILES string of the molecule is CC(=O)N1C(CC(F)(F)F)CCCC1C(=O)O. The molecule has 0 spiro atoms. The monoisotopic (exact) mass is 253 g/mol. The summed E-state index contributed by atoms with van der Waals surface area (Å²) in [7, 11) is 0. The van der Waals surface area contributed by atoms with Gasteiger partial charge in [-0.3, -0.25) is 4.79 Å². The lowest BCUT2D eigenvalue weighted by atomic mass is 9.93. The standard InChI is InChI=1S/C10H14F3NO3/c1-6(15)14-7(5-10(11,12)13)3-2-4-8(14)9(16)17/h7-8H,2-5H2,1H3,(H,16,17).